The number of hydrogen-bond acceptors (Lipinski definition) is 2. The number of nitrogens with one attached hydrogen (secondary N) is 2. The summed E-state index contributed by atoms with van der Waals surface area (Å²) in [4.78, 5) is 11.9. The number of amides is 1. The molecule has 0 atom stereocenters. The van der Waals surface area contributed by atoms with E-state index < -0.39 is 0 Å². The Morgan fingerprint density at radius 3 is 2.57 bits per heavy atom. The molecule has 0 fully saturated rings. The number of anilines is 2. The molecule has 2 aromatic carbocycles. The average molecular weight is 347 g/mol. The van der Waals surface area contributed by atoms with Gasteiger partial charge in [-0.05, 0) is 49.2 Å². The van der Waals surface area contributed by atoms with Crippen LogP contribution in [0.15, 0.2) is 46.9 Å². The fraction of sp³-hybridized carbons (Fsp3) is 0.235. The van der Waals surface area contributed by atoms with Crippen molar-refractivity contribution in [2.45, 2.75) is 20.3 Å². The average Bonchev–Trinajstić information content (AvgIpc) is 2.45. The van der Waals surface area contributed by atoms with Crippen LogP contribution in [-0.2, 0) is 4.79 Å². The Labute approximate surface area is 133 Å². The summed E-state index contributed by atoms with van der Waals surface area (Å²) < 4.78 is 1.04. The number of halogens is 1. The number of benzene rings is 2. The highest BCUT2D eigenvalue weighted by atomic mass is 79.9. The number of rotatable bonds is 5. The lowest BCUT2D eigenvalue weighted by Gasteiger charge is -2.10. The first-order valence-corrected chi connectivity index (χ1v) is 7.71. The van der Waals surface area contributed by atoms with Crippen LogP contribution in [0.3, 0.4) is 0 Å². The molecule has 0 aromatic heterocycles. The molecule has 0 aliphatic carbocycles. The topological polar surface area (TPSA) is 41.1 Å². The first-order chi connectivity index (χ1) is 10.1. The van der Waals surface area contributed by atoms with E-state index in [0.717, 1.165) is 21.4 Å². The zero-order valence-electron chi connectivity index (χ0n) is 12.2. The molecule has 1 amide bonds. The molecule has 2 rings (SSSR count). The lowest BCUT2D eigenvalue weighted by atomic mass is 10.2. The Morgan fingerprint density at radius 1 is 1.10 bits per heavy atom. The van der Waals surface area contributed by atoms with Gasteiger partial charge in [-0.25, -0.2) is 0 Å². The summed E-state index contributed by atoms with van der Waals surface area (Å²) in [6.07, 6.45) is 0.434. The van der Waals surface area contributed by atoms with Gasteiger partial charge in [0.05, 0.1) is 0 Å². The Balaban J connectivity index is 1.82. The van der Waals surface area contributed by atoms with Gasteiger partial charge >= 0.3 is 0 Å². The SMILES string of the molecule is Cc1cc(NC(=O)CCNc2ccccc2C)ccc1Br. The Morgan fingerprint density at radius 2 is 1.86 bits per heavy atom. The minimum absolute atomic E-state index is 0.0119. The van der Waals surface area contributed by atoms with Crippen molar-refractivity contribution in [1.82, 2.24) is 0 Å². The summed E-state index contributed by atoms with van der Waals surface area (Å²) in [7, 11) is 0. The standard InChI is InChI=1S/C17H19BrN2O/c1-12-5-3-4-6-16(12)19-10-9-17(21)20-14-7-8-15(18)13(2)11-14/h3-8,11,19H,9-10H2,1-2H3,(H,20,21). The van der Waals surface area contributed by atoms with Crippen LogP contribution < -0.4 is 10.6 Å². The van der Waals surface area contributed by atoms with Crippen molar-refractivity contribution in [3.05, 3.63) is 58.1 Å². The van der Waals surface area contributed by atoms with Crippen molar-refractivity contribution in [1.29, 1.82) is 0 Å². The van der Waals surface area contributed by atoms with E-state index in [1.165, 1.54) is 5.56 Å². The van der Waals surface area contributed by atoms with E-state index >= 15 is 0 Å². The number of hydrogen-bond donors (Lipinski definition) is 2. The smallest absolute Gasteiger partial charge is 0.226 e. The maximum atomic E-state index is 11.9. The second-order valence-electron chi connectivity index (χ2n) is 5.00. The van der Waals surface area contributed by atoms with Gasteiger partial charge in [0, 0.05) is 28.8 Å². The van der Waals surface area contributed by atoms with Gasteiger partial charge in [-0.3, -0.25) is 4.79 Å². The van der Waals surface area contributed by atoms with E-state index in [1.54, 1.807) is 0 Å². The molecule has 0 aliphatic rings. The van der Waals surface area contributed by atoms with Gasteiger partial charge in [0.1, 0.15) is 0 Å². The zero-order chi connectivity index (χ0) is 15.2. The van der Waals surface area contributed by atoms with E-state index in [2.05, 4.69) is 26.6 Å². The van der Waals surface area contributed by atoms with E-state index in [4.69, 9.17) is 0 Å². The van der Waals surface area contributed by atoms with E-state index in [1.807, 2.05) is 56.3 Å². The van der Waals surface area contributed by atoms with Gasteiger partial charge in [0.15, 0.2) is 0 Å². The first kappa shape index (κ1) is 15.6. The van der Waals surface area contributed by atoms with Gasteiger partial charge in [0.25, 0.3) is 0 Å². The fourth-order valence-electron chi connectivity index (χ4n) is 2.03. The Bertz CT molecular complexity index is 640. The molecule has 110 valence electrons. The molecule has 21 heavy (non-hydrogen) atoms. The summed E-state index contributed by atoms with van der Waals surface area (Å²) in [5.74, 6) is 0.0119. The molecular weight excluding hydrogens is 328 g/mol. The van der Waals surface area contributed by atoms with Crippen LogP contribution in [-0.4, -0.2) is 12.5 Å². The molecule has 0 spiro atoms. The highest BCUT2D eigenvalue weighted by Gasteiger charge is 2.04. The predicted octanol–water partition coefficient (Wildman–Crippen LogP) is 4.51. The maximum absolute atomic E-state index is 11.9. The van der Waals surface area contributed by atoms with Gasteiger partial charge in [-0.1, -0.05) is 34.1 Å². The lowest BCUT2D eigenvalue weighted by molar-refractivity contribution is -0.115. The van der Waals surface area contributed by atoms with Crippen molar-refractivity contribution in [2.75, 3.05) is 17.2 Å². The minimum Gasteiger partial charge on any atom is -0.384 e. The molecule has 3 nitrogen and oxygen atoms in total. The zero-order valence-corrected chi connectivity index (χ0v) is 13.8. The summed E-state index contributed by atoms with van der Waals surface area (Å²) in [5, 5.41) is 6.19. The predicted molar refractivity (Wildman–Crippen MR) is 91.8 cm³/mol. The number of para-hydroxylation sites is 1. The van der Waals surface area contributed by atoms with Gasteiger partial charge in [0.2, 0.25) is 5.91 Å². The molecule has 0 saturated heterocycles. The molecule has 2 N–H and O–H groups in total. The van der Waals surface area contributed by atoms with Crippen molar-refractivity contribution in [2.24, 2.45) is 0 Å². The van der Waals surface area contributed by atoms with Crippen molar-refractivity contribution < 1.29 is 4.79 Å². The molecule has 0 aliphatic heterocycles. The Kier molecular flexibility index (Phi) is 5.39. The molecule has 0 saturated carbocycles. The van der Waals surface area contributed by atoms with Crippen molar-refractivity contribution in [3.8, 4) is 0 Å². The summed E-state index contributed by atoms with van der Waals surface area (Å²) in [6.45, 7) is 4.67. The molecule has 4 heteroatoms. The van der Waals surface area contributed by atoms with Gasteiger partial charge in [-0.2, -0.15) is 0 Å². The summed E-state index contributed by atoms with van der Waals surface area (Å²) in [5.41, 5.74) is 4.19. The first-order valence-electron chi connectivity index (χ1n) is 6.92. The Hall–Kier alpha value is -1.81. The number of aryl methyl sites for hydroxylation is 2. The van der Waals surface area contributed by atoms with Crippen LogP contribution in [0.2, 0.25) is 0 Å². The van der Waals surface area contributed by atoms with E-state index in [9.17, 15) is 4.79 Å². The summed E-state index contributed by atoms with van der Waals surface area (Å²) >= 11 is 3.45. The van der Waals surface area contributed by atoms with Gasteiger partial charge < -0.3 is 10.6 Å². The minimum atomic E-state index is 0.0119. The van der Waals surface area contributed by atoms with Crippen LogP contribution in [0, 0.1) is 13.8 Å². The van der Waals surface area contributed by atoms with Crippen LogP contribution in [0.5, 0.6) is 0 Å². The summed E-state index contributed by atoms with van der Waals surface area (Å²) in [6, 6.07) is 13.8. The quantitative estimate of drug-likeness (QED) is 0.836. The van der Waals surface area contributed by atoms with Crippen LogP contribution in [0.25, 0.3) is 0 Å². The second-order valence-corrected chi connectivity index (χ2v) is 5.86. The van der Waals surface area contributed by atoms with E-state index in [-0.39, 0.29) is 5.91 Å². The third kappa shape index (κ3) is 4.60. The molecule has 0 unspecified atom stereocenters. The molecule has 0 bridgehead atoms. The highest BCUT2D eigenvalue weighted by Crippen LogP contribution is 2.20. The monoisotopic (exact) mass is 346 g/mol. The third-order valence-electron chi connectivity index (χ3n) is 3.25. The number of carbonyl (C=O) groups is 1. The number of carbonyl (C=O) groups excluding carboxylic acids is 1. The van der Waals surface area contributed by atoms with Crippen molar-refractivity contribution in [3.63, 3.8) is 0 Å². The molecule has 0 heterocycles. The third-order valence-corrected chi connectivity index (χ3v) is 4.14. The van der Waals surface area contributed by atoms with E-state index in [0.29, 0.717) is 13.0 Å². The van der Waals surface area contributed by atoms with Crippen LogP contribution in [0.1, 0.15) is 17.5 Å². The lowest BCUT2D eigenvalue weighted by Crippen LogP contribution is -2.16. The van der Waals surface area contributed by atoms with Crippen LogP contribution in [0.4, 0.5) is 11.4 Å². The molecule has 2 aromatic rings. The molecule has 0 radical (unpaired) electrons. The van der Waals surface area contributed by atoms with Crippen LogP contribution >= 0.6 is 15.9 Å². The van der Waals surface area contributed by atoms with Crippen molar-refractivity contribution >= 4 is 33.2 Å². The normalized spacial score (nSPS) is 10.2. The fourth-order valence-corrected chi connectivity index (χ4v) is 2.27. The van der Waals surface area contributed by atoms with Gasteiger partial charge in [-0.15, -0.1) is 0 Å². The largest absolute Gasteiger partial charge is 0.384 e. The second kappa shape index (κ2) is 7.27. The molecular formula is C17H19BrN2O. The highest BCUT2D eigenvalue weighted by molar-refractivity contribution is 9.10. The maximum Gasteiger partial charge on any atom is 0.226 e.